The molecular weight excluding hydrogens is 390 g/mol. The quantitative estimate of drug-likeness (QED) is 0.820. The van der Waals surface area contributed by atoms with Crippen molar-refractivity contribution in [2.75, 3.05) is 5.32 Å². The molecule has 0 aromatic heterocycles. The summed E-state index contributed by atoms with van der Waals surface area (Å²) in [5, 5.41) is 5.47. The Bertz CT molecular complexity index is 795. The first kappa shape index (κ1) is 16.7. The highest BCUT2D eigenvalue weighted by atomic mass is 79.9. The van der Waals surface area contributed by atoms with Gasteiger partial charge in [-0.3, -0.25) is 9.59 Å². The zero-order valence-corrected chi connectivity index (χ0v) is 14.9. The van der Waals surface area contributed by atoms with Gasteiger partial charge in [-0.1, -0.05) is 52.0 Å². The van der Waals surface area contributed by atoms with E-state index >= 15 is 0 Å². The lowest BCUT2D eigenvalue weighted by atomic mass is 10.2. The Kier molecular flexibility index (Phi) is 5.32. The Morgan fingerprint density at radius 3 is 2.75 bits per heavy atom. The zero-order chi connectivity index (χ0) is 16.9. The molecule has 2 amide bonds. The van der Waals surface area contributed by atoms with Gasteiger partial charge >= 0.3 is 0 Å². The molecule has 1 saturated heterocycles. The first-order valence-corrected chi connectivity index (χ1v) is 8.94. The first-order chi connectivity index (χ1) is 11.6. The molecule has 2 N–H and O–H groups in total. The van der Waals surface area contributed by atoms with E-state index in [1.165, 1.54) is 11.8 Å². The molecule has 1 aliphatic heterocycles. The van der Waals surface area contributed by atoms with Crippen LogP contribution in [0.4, 0.5) is 11.4 Å². The number of nitrogens with one attached hydrogen (secondary N) is 2. The molecule has 0 bridgehead atoms. The summed E-state index contributed by atoms with van der Waals surface area (Å²) >= 11 is 4.62. The van der Waals surface area contributed by atoms with Crippen molar-refractivity contribution in [2.45, 2.75) is 11.7 Å². The number of nitrogens with zero attached hydrogens (tertiary/aromatic N) is 1. The summed E-state index contributed by atoms with van der Waals surface area (Å²) in [6, 6.07) is 16.6. The summed E-state index contributed by atoms with van der Waals surface area (Å²) in [4.78, 5) is 28.7. The van der Waals surface area contributed by atoms with E-state index in [4.69, 9.17) is 0 Å². The number of benzene rings is 2. The summed E-state index contributed by atoms with van der Waals surface area (Å²) < 4.78 is 0.876. The van der Waals surface area contributed by atoms with Gasteiger partial charge < -0.3 is 10.6 Å². The molecule has 1 atom stereocenters. The van der Waals surface area contributed by atoms with Gasteiger partial charge in [-0.25, -0.2) is 4.99 Å². The lowest BCUT2D eigenvalue weighted by Crippen LogP contribution is -2.41. The highest BCUT2D eigenvalue weighted by molar-refractivity contribution is 9.10. The summed E-state index contributed by atoms with van der Waals surface area (Å²) in [7, 11) is 0. The molecule has 1 unspecified atom stereocenters. The van der Waals surface area contributed by atoms with Crippen molar-refractivity contribution >= 4 is 56.0 Å². The number of amidine groups is 1. The van der Waals surface area contributed by atoms with Crippen molar-refractivity contribution in [3.05, 3.63) is 59.1 Å². The molecule has 3 rings (SSSR count). The maximum absolute atomic E-state index is 12.4. The van der Waals surface area contributed by atoms with Crippen molar-refractivity contribution in [3.63, 3.8) is 0 Å². The van der Waals surface area contributed by atoms with E-state index in [9.17, 15) is 9.59 Å². The van der Waals surface area contributed by atoms with Crippen molar-refractivity contribution < 1.29 is 9.59 Å². The summed E-state index contributed by atoms with van der Waals surface area (Å²) in [6.45, 7) is 0. The van der Waals surface area contributed by atoms with Crippen LogP contribution >= 0.6 is 27.7 Å². The number of hydrogen-bond donors (Lipinski definition) is 2. The fourth-order valence-corrected chi connectivity index (χ4v) is 3.55. The Morgan fingerprint density at radius 1 is 1.21 bits per heavy atom. The molecule has 2 aromatic rings. The van der Waals surface area contributed by atoms with Crippen LogP contribution in [0.3, 0.4) is 0 Å². The Morgan fingerprint density at radius 2 is 2.00 bits per heavy atom. The molecule has 2 aromatic carbocycles. The number of halogens is 1. The van der Waals surface area contributed by atoms with Gasteiger partial charge in [0, 0.05) is 16.6 Å². The topological polar surface area (TPSA) is 70.6 Å². The number of hydrogen-bond acceptors (Lipinski definition) is 4. The molecule has 1 heterocycles. The van der Waals surface area contributed by atoms with E-state index in [0.29, 0.717) is 10.9 Å². The van der Waals surface area contributed by atoms with Gasteiger partial charge in [-0.05, 0) is 30.3 Å². The van der Waals surface area contributed by atoms with Crippen LogP contribution in [0.2, 0.25) is 0 Å². The van der Waals surface area contributed by atoms with E-state index in [0.717, 1.165) is 10.2 Å². The van der Waals surface area contributed by atoms with Crippen LogP contribution in [-0.4, -0.2) is 22.2 Å². The van der Waals surface area contributed by atoms with Crippen molar-refractivity contribution in [1.29, 1.82) is 0 Å². The van der Waals surface area contributed by atoms with Gasteiger partial charge in [-0.15, -0.1) is 0 Å². The van der Waals surface area contributed by atoms with Gasteiger partial charge in [-0.2, -0.15) is 0 Å². The SMILES string of the molecule is O=C1CC(C(=O)Nc2cccc(Br)c2)SC(=Nc2ccccc2)N1. The molecule has 0 aliphatic carbocycles. The standard InChI is InChI=1S/C17H14BrN3O2S/c18-11-5-4-8-13(9-11)19-16(23)14-10-15(22)21-17(24-14)20-12-6-2-1-3-7-12/h1-9,14H,10H2,(H,19,23)(H,20,21,22). The molecule has 0 spiro atoms. The smallest absolute Gasteiger partial charge is 0.238 e. The van der Waals surface area contributed by atoms with Gasteiger partial charge in [0.15, 0.2) is 5.17 Å². The van der Waals surface area contributed by atoms with E-state index in [-0.39, 0.29) is 18.2 Å². The molecule has 122 valence electrons. The molecule has 5 nitrogen and oxygen atoms in total. The van der Waals surface area contributed by atoms with E-state index in [1.54, 1.807) is 6.07 Å². The van der Waals surface area contributed by atoms with E-state index in [1.807, 2.05) is 48.5 Å². The Hall–Kier alpha value is -2.12. The predicted octanol–water partition coefficient (Wildman–Crippen LogP) is 3.70. The van der Waals surface area contributed by atoms with Gasteiger partial charge in [0.25, 0.3) is 0 Å². The zero-order valence-electron chi connectivity index (χ0n) is 12.5. The second-order valence-electron chi connectivity index (χ2n) is 5.11. The number of aliphatic imine (C=N–C) groups is 1. The average molecular weight is 404 g/mol. The monoisotopic (exact) mass is 403 g/mol. The number of amides is 2. The maximum atomic E-state index is 12.4. The van der Waals surface area contributed by atoms with Crippen LogP contribution in [0.25, 0.3) is 0 Å². The number of thioether (sulfide) groups is 1. The van der Waals surface area contributed by atoms with Gasteiger partial charge in [0.2, 0.25) is 11.8 Å². The van der Waals surface area contributed by atoms with Crippen LogP contribution in [-0.2, 0) is 9.59 Å². The molecular formula is C17H14BrN3O2S. The number of rotatable bonds is 3. The predicted molar refractivity (Wildman–Crippen MR) is 100 cm³/mol. The second-order valence-corrected chi connectivity index (χ2v) is 7.22. The molecule has 24 heavy (non-hydrogen) atoms. The Balaban J connectivity index is 1.72. The minimum atomic E-state index is -0.514. The summed E-state index contributed by atoms with van der Waals surface area (Å²) in [5.74, 6) is -0.425. The van der Waals surface area contributed by atoms with Crippen LogP contribution < -0.4 is 10.6 Å². The number of carbonyl (C=O) groups excluding carboxylic acids is 2. The molecule has 7 heteroatoms. The largest absolute Gasteiger partial charge is 0.325 e. The van der Waals surface area contributed by atoms with Crippen LogP contribution in [0.5, 0.6) is 0 Å². The lowest BCUT2D eigenvalue weighted by Gasteiger charge is -2.22. The molecule has 0 radical (unpaired) electrons. The summed E-state index contributed by atoms with van der Waals surface area (Å²) in [5.41, 5.74) is 1.41. The third kappa shape index (κ3) is 4.46. The third-order valence-electron chi connectivity index (χ3n) is 3.24. The van der Waals surface area contributed by atoms with Crippen molar-refractivity contribution in [3.8, 4) is 0 Å². The lowest BCUT2D eigenvalue weighted by molar-refractivity contribution is -0.123. The number of para-hydroxylation sites is 1. The summed E-state index contributed by atoms with van der Waals surface area (Å²) in [6.07, 6.45) is 0.123. The van der Waals surface area contributed by atoms with E-state index in [2.05, 4.69) is 31.6 Å². The molecule has 0 saturated carbocycles. The van der Waals surface area contributed by atoms with Crippen LogP contribution in [0.15, 0.2) is 64.1 Å². The number of carbonyl (C=O) groups is 2. The fourth-order valence-electron chi connectivity index (χ4n) is 2.15. The van der Waals surface area contributed by atoms with Crippen molar-refractivity contribution in [1.82, 2.24) is 5.32 Å². The first-order valence-electron chi connectivity index (χ1n) is 7.27. The minimum Gasteiger partial charge on any atom is -0.325 e. The second kappa shape index (κ2) is 7.63. The normalized spacial score (nSPS) is 19.0. The highest BCUT2D eigenvalue weighted by Gasteiger charge is 2.30. The third-order valence-corrected chi connectivity index (χ3v) is 4.82. The maximum Gasteiger partial charge on any atom is 0.238 e. The fraction of sp³-hybridized carbons (Fsp3) is 0.118. The van der Waals surface area contributed by atoms with Gasteiger partial charge in [0.1, 0.15) is 5.25 Å². The Labute approximate surface area is 152 Å². The van der Waals surface area contributed by atoms with Crippen LogP contribution in [0.1, 0.15) is 6.42 Å². The molecule has 1 aliphatic rings. The van der Waals surface area contributed by atoms with Crippen LogP contribution in [0, 0.1) is 0 Å². The number of anilines is 1. The van der Waals surface area contributed by atoms with Crippen molar-refractivity contribution in [2.24, 2.45) is 4.99 Å². The highest BCUT2D eigenvalue weighted by Crippen LogP contribution is 2.25. The molecule has 1 fully saturated rings. The van der Waals surface area contributed by atoms with Gasteiger partial charge in [0.05, 0.1) is 5.69 Å². The van der Waals surface area contributed by atoms with E-state index < -0.39 is 5.25 Å². The minimum absolute atomic E-state index is 0.123. The average Bonchev–Trinajstić information content (AvgIpc) is 2.55.